The third-order valence-electron chi connectivity index (χ3n) is 4.90. The van der Waals surface area contributed by atoms with E-state index in [1.807, 2.05) is 0 Å². The van der Waals surface area contributed by atoms with Crippen molar-refractivity contribution in [2.24, 2.45) is 17.8 Å². The molecule has 2 N–H and O–H groups in total. The Kier molecular flexibility index (Phi) is 3.85. The number of rotatable bonds is 3. The predicted octanol–water partition coefficient (Wildman–Crippen LogP) is 2.63. The zero-order valence-electron chi connectivity index (χ0n) is 11.4. The third-order valence-corrected chi connectivity index (χ3v) is 4.90. The highest BCUT2D eigenvalue weighted by atomic mass is 16.1. The van der Waals surface area contributed by atoms with Crippen molar-refractivity contribution in [3.63, 3.8) is 0 Å². The molecule has 1 amide bonds. The van der Waals surface area contributed by atoms with Crippen LogP contribution in [0.4, 0.5) is 0 Å². The van der Waals surface area contributed by atoms with Gasteiger partial charge in [0.15, 0.2) is 0 Å². The van der Waals surface area contributed by atoms with E-state index in [9.17, 15) is 4.79 Å². The SMILES string of the molecule is O=C(NCc1ncc[nH]1)C1CCC2CCCCC2C1. The first kappa shape index (κ1) is 12.7. The Bertz CT molecular complexity index is 415. The van der Waals surface area contributed by atoms with Crippen LogP contribution in [0.3, 0.4) is 0 Å². The van der Waals surface area contributed by atoms with Crippen LogP contribution in [0, 0.1) is 17.8 Å². The maximum Gasteiger partial charge on any atom is 0.223 e. The van der Waals surface area contributed by atoms with E-state index >= 15 is 0 Å². The highest BCUT2D eigenvalue weighted by Gasteiger charge is 2.34. The first-order chi connectivity index (χ1) is 9.33. The maximum absolute atomic E-state index is 12.2. The topological polar surface area (TPSA) is 57.8 Å². The number of fused-ring (bicyclic) bond motifs is 1. The zero-order chi connectivity index (χ0) is 13.1. The number of aromatic amines is 1. The zero-order valence-corrected chi connectivity index (χ0v) is 11.4. The summed E-state index contributed by atoms with van der Waals surface area (Å²) >= 11 is 0. The average molecular weight is 261 g/mol. The molecule has 2 fully saturated rings. The third kappa shape index (κ3) is 2.99. The number of hydrogen-bond donors (Lipinski definition) is 2. The van der Waals surface area contributed by atoms with Crippen molar-refractivity contribution in [1.82, 2.24) is 15.3 Å². The number of imidazole rings is 1. The molecule has 0 aliphatic heterocycles. The molecule has 1 aromatic rings. The molecule has 1 aromatic heterocycles. The fourth-order valence-electron chi connectivity index (χ4n) is 3.82. The summed E-state index contributed by atoms with van der Waals surface area (Å²) < 4.78 is 0. The molecule has 104 valence electrons. The van der Waals surface area contributed by atoms with Gasteiger partial charge in [-0.3, -0.25) is 4.79 Å². The number of nitrogens with one attached hydrogen (secondary N) is 2. The molecular formula is C15H23N3O. The van der Waals surface area contributed by atoms with E-state index < -0.39 is 0 Å². The van der Waals surface area contributed by atoms with Crippen molar-refractivity contribution >= 4 is 5.91 Å². The van der Waals surface area contributed by atoms with Crippen LogP contribution in [0.15, 0.2) is 12.4 Å². The molecule has 4 nitrogen and oxygen atoms in total. The molecule has 19 heavy (non-hydrogen) atoms. The lowest BCUT2D eigenvalue weighted by Crippen LogP contribution is -2.37. The first-order valence-corrected chi connectivity index (χ1v) is 7.59. The normalized spacial score (nSPS) is 30.6. The van der Waals surface area contributed by atoms with Crippen LogP contribution in [0.1, 0.15) is 50.8 Å². The van der Waals surface area contributed by atoms with Gasteiger partial charge in [-0.25, -0.2) is 4.98 Å². The molecule has 2 aliphatic carbocycles. The number of H-pyrrole nitrogens is 1. The van der Waals surface area contributed by atoms with Gasteiger partial charge in [0.2, 0.25) is 5.91 Å². The molecule has 3 unspecified atom stereocenters. The summed E-state index contributed by atoms with van der Waals surface area (Å²) in [5.41, 5.74) is 0. The Hall–Kier alpha value is -1.32. The first-order valence-electron chi connectivity index (χ1n) is 7.59. The van der Waals surface area contributed by atoms with Crippen LogP contribution in [-0.4, -0.2) is 15.9 Å². The van der Waals surface area contributed by atoms with Gasteiger partial charge in [0.1, 0.15) is 5.82 Å². The molecule has 0 aromatic carbocycles. The van der Waals surface area contributed by atoms with E-state index in [0.29, 0.717) is 6.54 Å². The Morgan fingerprint density at radius 3 is 2.89 bits per heavy atom. The molecule has 3 rings (SSSR count). The largest absolute Gasteiger partial charge is 0.349 e. The van der Waals surface area contributed by atoms with Gasteiger partial charge in [0.05, 0.1) is 6.54 Å². The molecule has 3 atom stereocenters. The second-order valence-electron chi connectivity index (χ2n) is 6.07. The Morgan fingerprint density at radius 1 is 1.26 bits per heavy atom. The van der Waals surface area contributed by atoms with Gasteiger partial charge in [-0.05, 0) is 31.1 Å². The van der Waals surface area contributed by atoms with Crippen molar-refractivity contribution in [3.05, 3.63) is 18.2 Å². The Balaban J connectivity index is 1.50. The summed E-state index contributed by atoms with van der Waals surface area (Å²) in [6.07, 6.45) is 12.4. The standard InChI is InChI=1S/C15H23N3O/c19-15(18-10-14-16-7-8-17-14)13-6-5-11-3-1-2-4-12(11)9-13/h7-8,11-13H,1-6,9-10H2,(H,16,17)(H,18,19). The number of nitrogens with zero attached hydrogens (tertiary/aromatic N) is 1. The summed E-state index contributed by atoms with van der Waals surface area (Å²) in [5.74, 6) is 3.00. The lowest BCUT2D eigenvalue weighted by atomic mass is 9.67. The van der Waals surface area contributed by atoms with Crippen molar-refractivity contribution in [2.45, 2.75) is 51.5 Å². The van der Waals surface area contributed by atoms with Gasteiger partial charge >= 0.3 is 0 Å². The van der Waals surface area contributed by atoms with E-state index in [1.54, 1.807) is 12.4 Å². The number of carbonyl (C=O) groups excluding carboxylic acids is 1. The average Bonchev–Trinajstić information content (AvgIpc) is 2.97. The van der Waals surface area contributed by atoms with E-state index in [0.717, 1.165) is 30.5 Å². The van der Waals surface area contributed by atoms with Gasteiger partial charge < -0.3 is 10.3 Å². The molecular weight excluding hydrogens is 238 g/mol. The van der Waals surface area contributed by atoms with Crippen molar-refractivity contribution in [1.29, 1.82) is 0 Å². The Labute approximate surface area is 114 Å². The van der Waals surface area contributed by atoms with Crippen molar-refractivity contribution in [3.8, 4) is 0 Å². The van der Waals surface area contributed by atoms with E-state index in [1.165, 1.54) is 32.1 Å². The minimum Gasteiger partial charge on any atom is -0.349 e. The second-order valence-corrected chi connectivity index (χ2v) is 6.07. The molecule has 4 heteroatoms. The lowest BCUT2D eigenvalue weighted by Gasteiger charge is -2.38. The van der Waals surface area contributed by atoms with Crippen LogP contribution < -0.4 is 5.32 Å². The van der Waals surface area contributed by atoms with Gasteiger partial charge in [-0.15, -0.1) is 0 Å². The monoisotopic (exact) mass is 261 g/mol. The van der Waals surface area contributed by atoms with E-state index in [4.69, 9.17) is 0 Å². The van der Waals surface area contributed by atoms with Gasteiger partial charge in [0.25, 0.3) is 0 Å². The van der Waals surface area contributed by atoms with Crippen LogP contribution in [-0.2, 0) is 11.3 Å². The van der Waals surface area contributed by atoms with Gasteiger partial charge in [-0.2, -0.15) is 0 Å². The number of hydrogen-bond acceptors (Lipinski definition) is 2. The minimum atomic E-state index is 0.223. The van der Waals surface area contributed by atoms with Crippen molar-refractivity contribution < 1.29 is 4.79 Å². The van der Waals surface area contributed by atoms with Crippen LogP contribution in [0.2, 0.25) is 0 Å². The molecule has 1 heterocycles. The highest BCUT2D eigenvalue weighted by molar-refractivity contribution is 5.78. The summed E-state index contributed by atoms with van der Waals surface area (Å²) in [4.78, 5) is 19.4. The fraction of sp³-hybridized carbons (Fsp3) is 0.733. The summed E-state index contributed by atoms with van der Waals surface area (Å²) in [7, 11) is 0. The van der Waals surface area contributed by atoms with E-state index in [-0.39, 0.29) is 11.8 Å². The summed E-state index contributed by atoms with van der Waals surface area (Å²) in [5, 5.41) is 3.02. The molecule has 0 bridgehead atoms. The lowest BCUT2D eigenvalue weighted by molar-refractivity contribution is -0.127. The van der Waals surface area contributed by atoms with Crippen LogP contribution in [0.5, 0.6) is 0 Å². The fourth-order valence-corrected chi connectivity index (χ4v) is 3.82. The number of amides is 1. The smallest absolute Gasteiger partial charge is 0.223 e. The van der Waals surface area contributed by atoms with E-state index in [2.05, 4.69) is 15.3 Å². The maximum atomic E-state index is 12.2. The van der Waals surface area contributed by atoms with Gasteiger partial charge in [0, 0.05) is 18.3 Å². The highest BCUT2D eigenvalue weighted by Crippen LogP contribution is 2.42. The molecule has 2 saturated carbocycles. The number of carbonyl (C=O) groups is 1. The van der Waals surface area contributed by atoms with Crippen LogP contribution >= 0.6 is 0 Å². The molecule has 2 aliphatic rings. The van der Waals surface area contributed by atoms with Gasteiger partial charge in [-0.1, -0.05) is 25.7 Å². The van der Waals surface area contributed by atoms with Crippen molar-refractivity contribution in [2.75, 3.05) is 0 Å². The Morgan fingerprint density at radius 2 is 2.11 bits per heavy atom. The molecule has 0 spiro atoms. The molecule has 0 saturated heterocycles. The number of aromatic nitrogens is 2. The second kappa shape index (κ2) is 5.76. The summed E-state index contributed by atoms with van der Waals surface area (Å²) in [6, 6.07) is 0. The predicted molar refractivity (Wildman–Crippen MR) is 73.2 cm³/mol. The van der Waals surface area contributed by atoms with Crippen LogP contribution in [0.25, 0.3) is 0 Å². The minimum absolute atomic E-state index is 0.223. The summed E-state index contributed by atoms with van der Waals surface area (Å²) in [6.45, 7) is 0.524. The molecule has 0 radical (unpaired) electrons. The quantitative estimate of drug-likeness (QED) is 0.878.